The van der Waals surface area contributed by atoms with E-state index in [-0.39, 0.29) is 12.2 Å². The number of aromatic nitrogens is 1. The third kappa shape index (κ3) is 4.26. The van der Waals surface area contributed by atoms with Crippen molar-refractivity contribution in [3.63, 3.8) is 0 Å². The molecule has 0 aliphatic heterocycles. The van der Waals surface area contributed by atoms with E-state index in [2.05, 4.69) is 5.32 Å². The van der Waals surface area contributed by atoms with Gasteiger partial charge in [-0.2, -0.15) is 4.73 Å². The molecular formula is C22H22N2O3. The Bertz CT molecular complexity index is 1000. The maximum atomic E-state index is 12.7. The summed E-state index contributed by atoms with van der Waals surface area (Å²) in [6.45, 7) is 6.11. The number of benzene rings is 2. The van der Waals surface area contributed by atoms with Gasteiger partial charge in [0.1, 0.15) is 12.2 Å². The number of anilines is 1. The minimum absolute atomic E-state index is 0.0323. The van der Waals surface area contributed by atoms with Gasteiger partial charge >= 0.3 is 0 Å². The molecule has 0 bridgehead atoms. The van der Waals surface area contributed by atoms with E-state index in [9.17, 15) is 9.59 Å². The van der Waals surface area contributed by atoms with Crippen LogP contribution in [-0.4, -0.2) is 10.6 Å². The molecule has 0 saturated heterocycles. The van der Waals surface area contributed by atoms with Crippen molar-refractivity contribution in [2.24, 2.45) is 0 Å². The zero-order chi connectivity index (χ0) is 19.4. The summed E-state index contributed by atoms with van der Waals surface area (Å²) in [5.74, 6) is -0.451. The monoisotopic (exact) mass is 362 g/mol. The molecule has 5 nitrogen and oxygen atoms in total. The topological polar surface area (TPSA) is 60.3 Å². The predicted molar refractivity (Wildman–Crippen MR) is 106 cm³/mol. The zero-order valence-corrected chi connectivity index (χ0v) is 15.7. The van der Waals surface area contributed by atoms with Crippen LogP contribution in [0, 0.1) is 20.8 Å². The Kier molecular flexibility index (Phi) is 5.41. The van der Waals surface area contributed by atoms with E-state index in [1.165, 1.54) is 12.3 Å². The van der Waals surface area contributed by atoms with Crippen molar-refractivity contribution in [2.75, 3.05) is 5.32 Å². The van der Waals surface area contributed by atoms with Gasteiger partial charge in [-0.1, -0.05) is 48.0 Å². The van der Waals surface area contributed by atoms with Crippen LogP contribution in [0.25, 0.3) is 0 Å². The van der Waals surface area contributed by atoms with Crippen molar-refractivity contribution in [1.82, 2.24) is 4.73 Å². The number of amides is 1. The largest absolute Gasteiger partial charge is 0.406 e. The van der Waals surface area contributed by atoms with Gasteiger partial charge in [-0.15, -0.1) is 0 Å². The number of hydrogen-bond acceptors (Lipinski definition) is 3. The van der Waals surface area contributed by atoms with E-state index >= 15 is 0 Å². The molecule has 1 heterocycles. The molecule has 3 rings (SSSR count). The number of rotatable bonds is 5. The second-order valence-electron chi connectivity index (χ2n) is 6.54. The van der Waals surface area contributed by atoms with Gasteiger partial charge in [0, 0.05) is 11.9 Å². The van der Waals surface area contributed by atoms with Crippen molar-refractivity contribution in [1.29, 1.82) is 0 Å². The first kappa shape index (κ1) is 18.5. The molecule has 3 aromatic rings. The molecule has 1 N–H and O–H groups in total. The van der Waals surface area contributed by atoms with Crippen molar-refractivity contribution in [3.05, 3.63) is 99.0 Å². The van der Waals surface area contributed by atoms with E-state index < -0.39 is 11.5 Å². The molecule has 0 spiro atoms. The van der Waals surface area contributed by atoms with Crippen LogP contribution in [0.1, 0.15) is 32.6 Å². The molecular weight excluding hydrogens is 340 g/mol. The second kappa shape index (κ2) is 7.91. The Labute approximate surface area is 158 Å². The highest BCUT2D eigenvalue weighted by Gasteiger charge is 2.15. The molecule has 1 amide bonds. The Morgan fingerprint density at radius 3 is 2.33 bits per heavy atom. The summed E-state index contributed by atoms with van der Waals surface area (Å²) in [7, 11) is 0. The van der Waals surface area contributed by atoms with Crippen LogP contribution >= 0.6 is 0 Å². The van der Waals surface area contributed by atoms with E-state index in [0.717, 1.165) is 32.7 Å². The lowest BCUT2D eigenvalue weighted by atomic mass is 10.0. The van der Waals surface area contributed by atoms with Crippen molar-refractivity contribution in [2.45, 2.75) is 27.4 Å². The van der Waals surface area contributed by atoms with Gasteiger partial charge in [-0.25, -0.2) is 0 Å². The van der Waals surface area contributed by atoms with Crippen molar-refractivity contribution < 1.29 is 9.63 Å². The van der Waals surface area contributed by atoms with Crippen molar-refractivity contribution in [3.8, 4) is 0 Å². The summed E-state index contributed by atoms with van der Waals surface area (Å²) in [6, 6.07) is 16.6. The molecule has 2 aromatic carbocycles. The van der Waals surface area contributed by atoms with Gasteiger partial charge in [-0.3, -0.25) is 9.59 Å². The van der Waals surface area contributed by atoms with Gasteiger partial charge in [0.2, 0.25) is 0 Å². The first-order chi connectivity index (χ1) is 13.0. The highest BCUT2D eigenvalue weighted by atomic mass is 16.7. The fraction of sp³-hybridized carbons (Fsp3) is 0.182. The first-order valence-corrected chi connectivity index (χ1v) is 8.74. The third-order valence-corrected chi connectivity index (χ3v) is 4.29. The average molecular weight is 362 g/mol. The van der Waals surface area contributed by atoms with Gasteiger partial charge in [0.05, 0.1) is 0 Å². The molecule has 0 radical (unpaired) electrons. The Balaban J connectivity index is 1.81. The standard InChI is InChI=1S/C22H22N2O3/c1-15-12-16(2)20(17(3)13-15)23-21(25)19-10-7-11-24(22(19)26)27-14-18-8-5-4-6-9-18/h4-13H,14H2,1-3H3,(H,23,25). The molecule has 5 heteroatoms. The molecule has 0 fully saturated rings. The summed E-state index contributed by atoms with van der Waals surface area (Å²) >= 11 is 0. The summed E-state index contributed by atoms with van der Waals surface area (Å²) in [5.41, 5.74) is 4.24. The lowest BCUT2D eigenvalue weighted by Crippen LogP contribution is -2.32. The first-order valence-electron chi connectivity index (χ1n) is 8.74. The van der Waals surface area contributed by atoms with E-state index in [1.807, 2.05) is 63.2 Å². The zero-order valence-electron chi connectivity index (χ0n) is 15.7. The predicted octanol–water partition coefficient (Wildman–Crippen LogP) is 3.65. The summed E-state index contributed by atoms with van der Waals surface area (Å²) in [5, 5.41) is 2.86. The summed E-state index contributed by atoms with van der Waals surface area (Å²) < 4.78 is 1.09. The average Bonchev–Trinajstić information content (AvgIpc) is 2.64. The number of carbonyl (C=O) groups excluding carboxylic acids is 1. The Morgan fingerprint density at radius 1 is 1.00 bits per heavy atom. The third-order valence-electron chi connectivity index (χ3n) is 4.29. The quantitative estimate of drug-likeness (QED) is 0.754. The normalized spacial score (nSPS) is 10.5. The van der Waals surface area contributed by atoms with E-state index in [1.54, 1.807) is 6.07 Å². The lowest BCUT2D eigenvalue weighted by molar-refractivity contribution is 0.0863. The molecule has 0 atom stereocenters. The highest BCUT2D eigenvalue weighted by Crippen LogP contribution is 2.22. The van der Waals surface area contributed by atoms with Crippen LogP contribution in [0.3, 0.4) is 0 Å². The molecule has 0 aliphatic carbocycles. The minimum atomic E-state index is -0.492. The number of hydrogen-bond donors (Lipinski definition) is 1. The molecule has 27 heavy (non-hydrogen) atoms. The minimum Gasteiger partial charge on any atom is -0.406 e. The summed E-state index contributed by atoms with van der Waals surface area (Å²) in [6.07, 6.45) is 1.50. The number of carbonyl (C=O) groups is 1. The lowest BCUT2D eigenvalue weighted by Gasteiger charge is -2.13. The Morgan fingerprint density at radius 2 is 1.67 bits per heavy atom. The Hall–Kier alpha value is -3.34. The number of pyridine rings is 1. The van der Waals surface area contributed by atoms with Gasteiger partial charge < -0.3 is 10.2 Å². The van der Waals surface area contributed by atoms with Crippen LogP contribution < -0.4 is 15.7 Å². The van der Waals surface area contributed by atoms with Crippen LogP contribution in [0.4, 0.5) is 5.69 Å². The van der Waals surface area contributed by atoms with Crippen LogP contribution in [-0.2, 0) is 6.61 Å². The number of aryl methyl sites for hydroxylation is 3. The van der Waals surface area contributed by atoms with Crippen molar-refractivity contribution >= 4 is 11.6 Å². The van der Waals surface area contributed by atoms with Gasteiger partial charge in [0.25, 0.3) is 11.5 Å². The number of nitrogens with zero attached hydrogens (tertiary/aromatic N) is 1. The molecule has 1 aromatic heterocycles. The molecule has 138 valence electrons. The highest BCUT2D eigenvalue weighted by molar-refractivity contribution is 6.04. The van der Waals surface area contributed by atoms with E-state index in [4.69, 9.17) is 4.84 Å². The van der Waals surface area contributed by atoms with Crippen LogP contribution in [0.2, 0.25) is 0 Å². The maximum Gasteiger partial charge on any atom is 0.295 e. The van der Waals surface area contributed by atoms with Gasteiger partial charge in [0.15, 0.2) is 0 Å². The van der Waals surface area contributed by atoms with E-state index in [0.29, 0.717) is 0 Å². The van der Waals surface area contributed by atoms with Crippen LogP contribution in [0.15, 0.2) is 65.6 Å². The fourth-order valence-corrected chi connectivity index (χ4v) is 3.03. The van der Waals surface area contributed by atoms with Gasteiger partial charge in [-0.05, 0) is 49.6 Å². The molecule has 0 unspecified atom stereocenters. The maximum absolute atomic E-state index is 12.7. The SMILES string of the molecule is Cc1cc(C)c(NC(=O)c2cccn(OCc3ccccc3)c2=O)c(C)c1. The number of nitrogens with one attached hydrogen (secondary N) is 1. The molecule has 0 saturated carbocycles. The molecule has 0 aliphatic rings. The summed E-state index contributed by atoms with van der Waals surface area (Å²) in [4.78, 5) is 30.8. The van der Waals surface area contributed by atoms with Crippen LogP contribution in [0.5, 0.6) is 0 Å². The second-order valence-corrected chi connectivity index (χ2v) is 6.54. The smallest absolute Gasteiger partial charge is 0.295 e. The fourth-order valence-electron chi connectivity index (χ4n) is 3.03.